The molecule has 0 aliphatic rings. The van der Waals surface area contributed by atoms with Crippen LogP contribution < -0.4 is 0 Å². The van der Waals surface area contributed by atoms with Gasteiger partial charge in [0, 0.05) is 6.20 Å². The average molecular weight is 229 g/mol. The minimum Gasteiger partial charge on any atom is -0.178 e. The molecular weight excluding hydrogens is 225 g/mol. The van der Waals surface area contributed by atoms with Gasteiger partial charge in [-0.3, -0.25) is 0 Å². The van der Waals surface area contributed by atoms with Crippen LogP contribution >= 0.6 is 15.9 Å². The van der Waals surface area contributed by atoms with Crippen molar-refractivity contribution < 1.29 is 13.2 Å². The summed E-state index contributed by atoms with van der Waals surface area (Å²) in [7, 11) is 0. The van der Waals surface area contributed by atoms with Crippen LogP contribution in [0.5, 0.6) is 0 Å². The standard InChI is InChI=1S/C5H4BrF3N2/c1-3-4(6)2-11(10-3)5(7,8)9/h2H,1H3. The van der Waals surface area contributed by atoms with Crippen molar-refractivity contribution in [2.24, 2.45) is 0 Å². The second-order valence-electron chi connectivity index (χ2n) is 1.97. The van der Waals surface area contributed by atoms with Crippen molar-refractivity contribution in [1.29, 1.82) is 0 Å². The molecule has 0 saturated carbocycles. The normalized spacial score (nSPS) is 12.1. The van der Waals surface area contributed by atoms with Gasteiger partial charge in [0.25, 0.3) is 0 Å². The summed E-state index contributed by atoms with van der Waals surface area (Å²) in [4.78, 5) is 0. The van der Waals surface area contributed by atoms with E-state index in [-0.39, 0.29) is 4.68 Å². The minimum absolute atomic E-state index is 0.0353. The molecule has 0 unspecified atom stereocenters. The number of halogens is 4. The SMILES string of the molecule is Cc1nn(C(F)(F)F)cc1Br. The lowest BCUT2D eigenvalue weighted by Gasteiger charge is -2.03. The minimum atomic E-state index is -4.42. The predicted molar refractivity (Wildman–Crippen MR) is 36.0 cm³/mol. The molecule has 0 radical (unpaired) electrons. The quantitative estimate of drug-likeness (QED) is 0.667. The number of aryl methyl sites for hydroxylation is 1. The van der Waals surface area contributed by atoms with Crippen LogP contribution in [0.4, 0.5) is 13.2 Å². The van der Waals surface area contributed by atoms with Crippen LogP contribution in [0.2, 0.25) is 0 Å². The molecule has 0 fully saturated rings. The van der Waals surface area contributed by atoms with Crippen LogP contribution in [-0.4, -0.2) is 9.78 Å². The maximum atomic E-state index is 11.9. The molecule has 6 heteroatoms. The van der Waals surface area contributed by atoms with Gasteiger partial charge in [0.05, 0.1) is 10.2 Å². The Kier molecular flexibility index (Phi) is 1.96. The van der Waals surface area contributed by atoms with Gasteiger partial charge in [0.15, 0.2) is 0 Å². The molecule has 0 saturated heterocycles. The molecule has 0 aliphatic heterocycles. The number of nitrogens with zero attached hydrogens (tertiary/aromatic N) is 2. The van der Waals surface area contributed by atoms with Crippen molar-refractivity contribution in [2.45, 2.75) is 13.2 Å². The van der Waals surface area contributed by atoms with E-state index in [0.29, 0.717) is 10.2 Å². The molecule has 0 spiro atoms. The van der Waals surface area contributed by atoms with Gasteiger partial charge in [-0.25, -0.2) is 0 Å². The van der Waals surface area contributed by atoms with Gasteiger partial charge in [0.2, 0.25) is 0 Å². The third-order valence-corrected chi connectivity index (χ3v) is 1.88. The lowest BCUT2D eigenvalue weighted by atomic mass is 10.5. The van der Waals surface area contributed by atoms with E-state index in [2.05, 4.69) is 21.0 Å². The molecule has 1 aromatic rings. The second kappa shape index (κ2) is 2.51. The molecule has 0 aliphatic carbocycles. The van der Waals surface area contributed by atoms with Crippen molar-refractivity contribution >= 4 is 15.9 Å². The first-order valence-electron chi connectivity index (χ1n) is 2.70. The zero-order valence-corrected chi connectivity index (χ0v) is 7.07. The molecule has 0 amide bonds. The van der Waals surface area contributed by atoms with Crippen LogP contribution in [-0.2, 0) is 6.30 Å². The van der Waals surface area contributed by atoms with Crippen LogP contribution in [0.3, 0.4) is 0 Å². The maximum Gasteiger partial charge on any atom is 0.504 e. The van der Waals surface area contributed by atoms with E-state index in [1.165, 1.54) is 6.92 Å². The highest BCUT2D eigenvalue weighted by Gasteiger charge is 2.32. The summed E-state index contributed by atoms with van der Waals surface area (Å²) < 4.78 is 35.9. The molecule has 2 nitrogen and oxygen atoms in total. The van der Waals surface area contributed by atoms with Gasteiger partial charge < -0.3 is 0 Å². The van der Waals surface area contributed by atoms with Crippen molar-refractivity contribution in [3.63, 3.8) is 0 Å². The lowest BCUT2D eigenvalue weighted by molar-refractivity contribution is -0.212. The first kappa shape index (κ1) is 8.58. The molecular formula is C5H4BrF3N2. The zero-order chi connectivity index (χ0) is 8.65. The average Bonchev–Trinajstić information content (AvgIpc) is 2.11. The molecule has 11 heavy (non-hydrogen) atoms. The number of hydrogen-bond donors (Lipinski definition) is 0. The summed E-state index contributed by atoms with van der Waals surface area (Å²) in [5.41, 5.74) is 0.322. The van der Waals surface area contributed by atoms with Crippen LogP contribution in [0.1, 0.15) is 5.69 Å². The Hall–Kier alpha value is -0.520. The fraction of sp³-hybridized carbons (Fsp3) is 0.400. The summed E-state index contributed by atoms with van der Waals surface area (Å²) in [5.74, 6) is 0. The third kappa shape index (κ3) is 1.74. The predicted octanol–water partition coefficient (Wildman–Crippen LogP) is 2.43. The molecule has 62 valence electrons. The Morgan fingerprint density at radius 3 is 2.27 bits per heavy atom. The summed E-state index contributed by atoms with van der Waals surface area (Å²) in [6, 6.07) is 0. The highest BCUT2D eigenvalue weighted by atomic mass is 79.9. The highest BCUT2D eigenvalue weighted by Crippen LogP contribution is 2.24. The van der Waals surface area contributed by atoms with Crippen LogP contribution in [0.25, 0.3) is 0 Å². The van der Waals surface area contributed by atoms with E-state index < -0.39 is 6.30 Å². The third-order valence-electron chi connectivity index (χ3n) is 1.10. The van der Waals surface area contributed by atoms with Gasteiger partial charge in [-0.15, -0.1) is 13.2 Å². The summed E-state index contributed by atoms with van der Waals surface area (Å²) in [6.45, 7) is 1.49. The van der Waals surface area contributed by atoms with Crippen LogP contribution in [0.15, 0.2) is 10.7 Å². The van der Waals surface area contributed by atoms with E-state index in [1.54, 1.807) is 0 Å². The van der Waals surface area contributed by atoms with E-state index in [0.717, 1.165) is 6.20 Å². The van der Waals surface area contributed by atoms with Gasteiger partial charge in [-0.2, -0.15) is 9.78 Å². The van der Waals surface area contributed by atoms with E-state index in [1.807, 2.05) is 0 Å². The topological polar surface area (TPSA) is 17.8 Å². The first-order valence-corrected chi connectivity index (χ1v) is 3.49. The van der Waals surface area contributed by atoms with Gasteiger partial charge in [-0.1, -0.05) is 0 Å². The lowest BCUT2D eigenvalue weighted by Crippen LogP contribution is -2.16. The van der Waals surface area contributed by atoms with E-state index in [9.17, 15) is 13.2 Å². The monoisotopic (exact) mass is 228 g/mol. The van der Waals surface area contributed by atoms with Gasteiger partial charge >= 0.3 is 6.30 Å². The summed E-state index contributed by atoms with van der Waals surface area (Å²) in [5, 5.41) is 3.23. The van der Waals surface area contributed by atoms with Crippen LogP contribution in [0, 0.1) is 6.92 Å². The highest BCUT2D eigenvalue weighted by molar-refractivity contribution is 9.10. The molecule has 0 atom stereocenters. The van der Waals surface area contributed by atoms with E-state index >= 15 is 0 Å². The van der Waals surface area contributed by atoms with E-state index in [4.69, 9.17) is 0 Å². The fourth-order valence-electron chi connectivity index (χ4n) is 0.569. The first-order chi connectivity index (χ1) is 4.91. The number of rotatable bonds is 0. The summed E-state index contributed by atoms with van der Waals surface area (Å²) in [6.07, 6.45) is -3.54. The fourth-order valence-corrected chi connectivity index (χ4v) is 0.842. The van der Waals surface area contributed by atoms with Crippen molar-refractivity contribution in [1.82, 2.24) is 9.78 Å². The number of aromatic nitrogens is 2. The Labute approximate surface area is 69.1 Å². The molecule has 1 aromatic heterocycles. The van der Waals surface area contributed by atoms with Crippen molar-refractivity contribution in [2.75, 3.05) is 0 Å². The number of alkyl halides is 3. The van der Waals surface area contributed by atoms with Gasteiger partial charge in [0.1, 0.15) is 0 Å². The van der Waals surface area contributed by atoms with Crippen molar-refractivity contribution in [3.8, 4) is 0 Å². The Balaban J connectivity index is 3.08. The second-order valence-corrected chi connectivity index (χ2v) is 2.83. The maximum absolute atomic E-state index is 11.9. The summed E-state index contributed by atoms with van der Waals surface area (Å²) >= 11 is 2.93. The Bertz CT molecular complexity index is 246. The molecule has 0 N–H and O–H groups in total. The van der Waals surface area contributed by atoms with Gasteiger partial charge in [-0.05, 0) is 22.9 Å². The molecule has 0 bridgehead atoms. The smallest absolute Gasteiger partial charge is 0.178 e. The molecule has 1 heterocycles. The number of hydrogen-bond acceptors (Lipinski definition) is 1. The molecule has 1 rings (SSSR count). The molecule has 0 aromatic carbocycles. The Morgan fingerprint density at radius 1 is 1.55 bits per heavy atom. The van der Waals surface area contributed by atoms with Crippen molar-refractivity contribution in [3.05, 3.63) is 16.4 Å². The largest absolute Gasteiger partial charge is 0.504 e. The zero-order valence-electron chi connectivity index (χ0n) is 5.48. The Morgan fingerprint density at radius 2 is 2.09 bits per heavy atom.